The molecule has 0 bridgehead atoms. The van der Waals surface area contributed by atoms with E-state index in [2.05, 4.69) is 0 Å². The molecule has 0 aromatic heterocycles. The fourth-order valence-corrected chi connectivity index (χ4v) is 2.16. The SMILES string of the molecule is CCOc1cc(C=O)ccc1OCCC1CCCO1. The molecule has 4 nitrogen and oxygen atoms in total. The second kappa shape index (κ2) is 7.14. The summed E-state index contributed by atoms with van der Waals surface area (Å²) in [5.74, 6) is 1.31. The lowest BCUT2D eigenvalue weighted by Gasteiger charge is -2.14. The molecule has 1 heterocycles. The molecule has 1 fully saturated rings. The van der Waals surface area contributed by atoms with Crippen molar-refractivity contribution in [2.75, 3.05) is 19.8 Å². The van der Waals surface area contributed by atoms with Crippen LogP contribution in [0.2, 0.25) is 0 Å². The van der Waals surface area contributed by atoms with Gasteiger partial charge in [-0.25, -0.2) is 0 Å². The van der Waals surface area contributed by atoms with E-state index in [-0.39, 0.29) is 0 Å². The van der Waals surface area contributed by atoms with Crippen molar-refractivity contribution in [1.82, 2.24) is 0 Å². The Hall–Kier alpha value is -1.55. The van der Waals surface area contributed by atoms with Gasteiger partial charge in [-0.15, -0.1) is 0 Å². The molecule has 0 aliphatic carbocycles. The summed E-state index contributed by atoms with van der Waals surface area (Å²) in [6.45, 7) is 3.92. The number of ether oxygens (including phenoxy) is 3. The lowest BCUT2D eigenvalue weighted by molar-refractivity contribution is 0.0897. The van der Waals surface area contributed by atoms with Crippen LogP contribution in [0, 0.1) is 0 Å². The number of carbonyl (C=O) groups is 1. The van der Waals surface area contributed by atoms with Gasteiger partial charge in [0.25, 0.3) is 0 Å². The summed E-state index contributed by atoms with van der Waals surface area (Å²) in [4.78, 5) is 10.7. The number of rotatable bonds is 7. The maximum absolute atomic E-state index is 10.7. The van der Waals surface area contributed by atoms with Crippen molar-refractivity contribution in [3.05, 3.63) is 23.8 Å². The Bertz CT molecular complexity index is 411. The van der Waals surface area contributed by atoms with Crippen LogP contribution in [0.1, 0.15) is 36.5 Å². The molecule has 0 spiro atoms. The highest BCUT2D eigenvalue weighted by molar-refractivity contribution is 5.76. The van der Waals surface area contributed by atoms with Crippen molar-refractivity contribution in [2.45, 2.75) is 32.3 Å². The van der Waals surface area contributed by atoms with E-state index in [0.717, 1.165) is 32.2 Å². The second-order valence-corrected chi connectivity index (χ2v) is 4.53. The Morgan fingerprint density at radius 1 is 1.37 bits per heavy atom. The first kappa shape index (κ1) is 13.9. The lowest BCUT2D eigenvalue weighted by atomic mass is 10.2. The van der Waals surface area contributed by atoms with Crippen molar-refractivity contribution in [2.24, 2.45) is 0 Å². The Morgan fingerprint density at radius 3 is 2.95 bits per heavy atom. The van der Waals surface area contributed by atoms with Gasteiger partial charge in [-0.05, 0) is 38.0 Å². The lowest BCUT2D eigenvalue weighted by Crippen LogP contribution is -2.11. The molecule has 0 amide bonds. The van der Waals surface area contributed by atoms with Crippen molar-refractivity contribution < 1.29 is 19.0 Å². The van der Waals surface area contributed by atoms with Gasteiger partial charge >= 0.3 is 0 Å². The molecule has 1 aromatic rings. The Labute approximate surface area is 113 Å². The largest absolute Gasteiger partial charge is 0.490 e. The van der Waals surface area contributed by atoms with E-state index in [1.165, 1.54) is 0 Å². The molecule has 4 heteroatoms. The van der Waals surface area contributed by atoms with Gasteiger partial charge in [0.15, 0.2) is 11.5 Å². The first-order valence-electron chi connectivity index (χ1n) is 6.80. The average Bonchev–Trinajstić information content (AvgIpc) is 2.94. The van der Waals surface area contributed by atoms with E-state index in [0.29, 0.717) is 36.4 Å². The van der Waals surface area contributed by atoms with Crippen LogP contribution in [0.15, 0.2) is 18.2 Å². The smallest absolute Gasteiger partial charge is 0.161 e. The summed E-state index contributed by atoms with van der Waals surface area (Å²) in [7, 11) is 0. The molecule has 1 aliphatic heterocycles. The molecule has 1 aliphatic rings. The van der Waals surface area contributed by atoms with Crippen LogP contribution in [0.4, 0.5) is 0 Å². The van der Waals surface area contributed by atoms with Crippen LogP contribution in [0.3, 0.4) is 0 Å². The molecule has 104 valence electrons. The number of hydrogen-bond donors (Lipinski definition) is 0. The Morgan fingerprint density at radius 2 is 2.26 bits per heavy atom. The van der Waals surface area contributed by atoms with Crippen LogP contribution < -0.4 is 9.47 Å². The molecule has 19 heavy (non-hydrogen) atoms. The minimum atomic E-state index is 0.324. The number of carbonyl (C=O) groups excluding carboxylic acids is 1. The maximum Gasteiger partial charge on any atom is 0.161 e. The van der Waals surface area contributed by atoms with E-state index < -0.39 is 0 Å². The third-order valence-corrected chi connectivity index (χ3v) is 3.13. The molecule has 1 atom stereocenters. The molecule has 0 radical (unpaired) electrons. The van der Waals surface area contributed by atoms with Gasteiger partial charge in [0.05, 0.1) is 19.3 Å². The zero-order valence-electron chi connectivity index (χ0n) is 11.3. The van der Waals surface area contributed by atoms with E-state index >= 15 is 0 Å². The summed E-state index contributed by atoms with van der Waals surface area (Å²) in [5, 5.41) is 0. The second-order valence-electron chi connectivity index (χ2n) is 4.53. The normalized spacial score (nSPS) is 18.3. The first-order valence-corrected chi connectivity index (χ1v) is 6.80. The molecule has 2 rings (SSSR count). The predicted octanol–water partition coefficient (Wildman–Crippen LogP) is 2.85. The summed E-state index contributed by atoms with van der Waals surface area (Å²) in [5.41, 5.74) is 0.593. The highest BCUT2D eigenvalue weighted by Gasteiger charge is 2.15. The fourth-order valence-electron chi connectivity index (χ4n) is 2.16. The molecule has 0 saturated carbocycles. The topological polar surface area (TPSA) is 44.8 Å². The van der Waals surface area contributed by atoms with Crippen molar-refractivity contribution in [3.8, 4) is 11.5 Å². The number of aldehydes is 1. The van der Waals surface area contributed by atoms with E-state index in [1.807, 2.05) is 6.92 Å². The summed E-state index contributed by atoms with van der Waals surface area (Å²) in [6.07, 6.45) is 4.28. The third-order valence-electron chi connectivity index (χ3n) is 3.13. The maximum atomic E-state index is 10.7. The average molecular weight is 264 g/mol. The van der Waals surface area contributed by atoms with Gasteiger partial charge in [0.2, 0.25) is 0 Å². The van der Waals surface area contributed by atoms with Gasteiger partial charge in [0.1, 0.15) is 6.29 Å². The van der Waals surface area contributed by atoms with Crippen molar-refractivity contribution >= 4 is 6.29 Å². The zero-order valence-corrected chi connectivity index (χ0v) is 11.3. The molecule has 1 saturated heterocycles. The Kier molecular flexibility index (Phi) is 5.21. The van der Waals surface area contributed by atoms with E-state index in [4.69, 9.17) is 14.2 Å². The van der Waals surface area contributed by atoms with Crippen molar-refractivity contribution in [3.63, 3.8) is 0 Å². The quantitative estimate of drug-likeness (QED) is 0.710. The molecule has 1 unspecified atom stereocenters. The zero-order chi connectivity index (χ0) is 13.5. The summed E-state index contributed by atoms with van der Waals surface area (Å²) >= 11 is 0. The van der Waals surface area contributed by atoms with Gasteiger partial charge in [-0.1, -0.05) is 0 Å². The van der Waals surface area contributed by atoms with Gasteiger partial charge in [0, 0.05) is 18.6 Å². The highest BCUT2D eigenvalue weighted by Crippen LogP contribution is 2.28. The van der Waals surface area contributed by atoms with Crippen LogP contribution >= 0.6 is 0 Å². The van der Waals surface area contributed by atoms with Crippen LogP contribution in [-0.2, 0) is 4.74 Å². The monoisotopic (exact) mass is 264 g/mol. The first-order chi connectivity index (χ1) is 9.33. The highest BCUT2D eigenvalue weighted by atomic mass is 16.5. The van der Waals surface area contributed by atoms with Crippen molar-refractivity contribution in [1.29, 1.82) is 0 Å². The van der Waals surface area contributed by atoms with Gasteiger partial charge < -0.3 is 14.2 Å². The minimum Gasteiger partial charge on any atom is -0.490 e. The van der Waals surface area contributed by atoms with E-state index in [9.17, 15) is 4.79 Å². The minimum absolute atomic E-state index is 0.324. The van der Waals surface area contributed by atoms with Gasteiger partial charge in [-0.3, -0.25) is 4.79 Å². The van der Waals surface area contributed by atoms with Crippen LogP contribution in [-0.4, -0.2) is 32.2 Å². The van der Waals surface area contributed by atoms with Gasteiger partial charge in [-0.2, -0.15) is 0 Å². The standard InChI is InChI=1S/C15H20O4/c1-2-17-15-10-12(11-16)5-6-14(15)19-9-7-13-4-3-8-18-13/h5-6,10-11,13H,2-4,7-9H2,1H3. The molecule has 0 N–H and O–H groups in total. The third kappa shape index (κ3) is 3.96. The predicted molar refractivity (Wildman–Crippen MR) is 72.1 cm³/mol. The number of hydrogen-bond acceptors (Lipinski definition) is 4. The molecule has 1 aromatic carbocycles. The van der Waals surface area contributed by atoms with Crippen LogP contribution in [0.25, 0.3) is 0 Å². The Balaban J connectivity index is 1.91. The number of benzene rings is 1. The molecular weight excluding hydrogens is 244 g/mol. The summed E-state index contributed by atoms with van der Waals surface area (Å²) < 4.78 is 16.8. The summed E-state index contributed by atoms with van der Waals surface area (Å²) in [6, 6.07) is 5.22. The van der Waals surface area contributed by atoms with Crippen LogP contribution in [0.5, 0.6) is 11.5 Å². The molecular formula is C15H20O4. The fraction of sp³-hybridized carbons (Fsp3) is 0.533. The van der Waals surface area contributed by atoms with E-state index in [1.54, 1.807) is 18.2 Å².